The van der Waals surface area contributed by atoms with Crippen LogP contribution in [0.15, 0.2) is 81.7 Å². The lowest BCUT2D eigenvalue weighted by Crippen LogP contribution is -1.95. The Hall–Kier alpha value is -1.81. The number of para-hydroxylation sites is 1. The van der Waals surface area contributed by atoms with E-state index in [1.807, 2.05) is 6.07 Å². The fourth-order valence-corrected chi connectivity index (χ4v) is 5.00. The van der Waals surface area contributed by atoms with Gasteiger partial charge in [-0.15, -0.1) is 0 Å². The summed E-state index contributed by atoms with van der Waals surface area (Å²) in [5.41, 5.74) is 3.43. The van der Waals surface area contributed by atoms with Gasteiger partial charge < -0.3 is 4.57 Å². The third-order valence-electron chi connectivity index (χ3n) is 4.75. The summed E-state index contributed by atoms with van der Waals surface area (Å²) in [5.74, 6) is 0. The van der Waals surface area contributed by atoms with Gasteiger partial charge in [0.15, 0.2) is 0 Å². The summed E-state index contributed by atoms with van der Waals surface area (Å²) in [6, 6.07) is 25.3. The summed E-state index contributed by atoms with van der Waals surface area (Å²) >= 11 is 13.8. The van der Waals surface area contributed by atoms with E-state index in [1.54, 1.807) is 0 Å². The van der Waals surface area contributed by atoms with E-state index in [0.717, 1.165) is 30.4 Å². The number of hydrogen-bond acceptors (Lipinski definition) is 0. The smallest absolute Gasteiger partial charge is 0.0555 e. The number of aromatic nitrogens is 1. The Morgan fingerprint density at radius 3 is 2.38 bits per heavy atom. The predicted molar refractivity (Wildman–Crippen MR) is 119 cm³/mol. The van der Waals surface area contributed by atoms with Crippen LogP contribution < -0.4 is 0 Å². The number of fused-ring (bicyclic) bond motifs is 4. The standard InChI is InChI=1S/C22H12Br2ClN/c23-14-8-9-20-17(11-14)16-5-1-2-6-19(16)26(20)21-7-3-4-13-10-15(24)12-18(25)22(13)21/h1-12H. The van der Waals surface area contributed by atoms with Crippen molar-refractivity contribution in [2.45, 2.75) is 0 Å². The minimum Gasteiger partial charge on any atom is -0.309 e. The molecule has 0 aliphatic carbocycles. The summed E-state index contributed by atoms with van der Waals surface area (Å²) in [5, 5.41) is 5.37. The summed E-state index contributed by atoms with van der Waals surface area (Å²) in [6.45, 7) is 0. The van der Waals surface area contributed by atoms with E-state index in [9.17, 15) is 0 Å². The lowest BCUT2D eigenvalue weighted by Gasteiger charge is -2.13. The molecule has 0 N–H and O–H groups in total. The molecule has 0 amide bonds. The summed E-state index contributed by atoms with van der Waals surface area (Å²) in [6.07, 6.45) is 0. The number of nitrogens with zero attached hydrogens (tertiary/aromatic N) is 1. The second-order valence-corrected chi connectivity index (χ2v) is 8.52. The lowest BCUT2D eigenvalue weighted by molar-refractivity contribution is 1.20. The van der Waals surface area contributed by atoms with E-state index in [1.165, 1.54) is 21.8 Å². The third-order valence-corrected chi connectivity index (χ3v) is 6.00. The highest BCUT2D eigenvalue weighted by Crippen LogP contribution is 2.38. The summed E-state index contributed by atoms with van der Waals surface area (Å²) < 4.78 is 4.37. The number of benzene rings is 4. The fourth-order valence-electron chi connectivity index (χ4n) is 3.71. The first-order valence-corrected chi connectivity index (χ1v) is 10.2. The Bertz CT molecular complexity index is 1320. The third kappa shape index (κ3) is 2.42. The first-order valence-electron chi connectivity index (χ1n) is 8.20. The van der Waals surface area contributed by atoms with Crippen LogP contribution in [0.4, 0.5) is 0 Å². The van der Waals surface area contributed by atoms with Crippen LogP contribution in [-0.4, -0.2) is 4.57 Å². The molecule has 5 aromatic rings. The maximum Gasteiger partial charge on any atom is 0.0555 e. The average molecular weight is 486 g/mol. The van der Waals surface area contributed by atoms with E-state index in [4.69, 9.17) is 11.6 Å². The molecule has 126 valence electrons. The van der Waals surface area contributed by atoms with Gasteiger partial charge in [-0.2, -0.15) is 0 Å². The molecule has 0 fully saturated rings. The van der Waals surface area contributed by atoms with Gasteiger partial charge in [0, 0.05) is 25.1 Å². The van der Waals surface area contributed by atoms with Crippen LogP contribution in [0.25, 0.3) is 38.3 Å². The molecule has 0 saturated heterocycles. The average Bonchev–Trinajstić information content (AvgIpc) is 2.94. The second kappa shape index (κ2) is 6.12. The molecule has 0 aliphatic rings. The molecule has 5 rings (SSSR count). The molecule has 0 saturated carbocycles. The minimum atomic E-state index is 0.744. The Kier molecular flexibility index (Phi) is 3.85. The Labute approximate surface area is 172 Å². The van der Waals surface area contributed by atoms with Crippen LogP contribution in [0.5, 0.6) is 0 Å². The highest BCUT2D eigenvalue weighted by atomic mass is 79.9. The first kappa shape index (κ1) is 16.4. The van der Waals surface area contributed by atoms with Crippen molar-refractivity contribution < 1.29 is 0 Å². The molecule has 0 radical (unpaired) electrons. The van der Waals surface area contributed by atoms with Crippen molar-refractivity contribution >= 4 is 76.0 Å². The zero-order chi connectivity index (χ0) is 17.8. The SMILES string of the molecule is Clc1cc(Br)cc2cccc(-n3c4ccccc4c4cc(Br)ccc43)c12. The molecule has 4 heteroatoms. The molecule has 4 aromatic carbocycles. The monoisotopic (exact) mass is 483 g/mol. The van der Waals surface area contributed by atoms with Gasteiger partial charge >= 0.3 is 0 Å². The van der Waals surface area contributed by atoms with Crippen molar-refractivity contribution in [2.24, 2.45) is 0 Å². The number of rotatable bonds is 1. The van der Waals surface area contributed by atoms with Crippen molar-refractivity contribution in [3.8, 4) is 5.69 Å². The number of hydrogen-bond donors (Lipinski definition) is 0. The largest absolute Gasteiger partial charge is 0.309 e. The molecule has 0 bridgehead atoms. The van der Waals surface area contributed by atoms with Crippen LogP contribution in [0, 0.1) is 0 Å². The Morgan fingerprint density at radius 1 is 0.692 bits per heavy atom. The van der Waals surface area contributed by atoms with E-state index in [-0.39, 0.29) is 0 Å². The van der Waals surface area contributed by atoms with Crippen molar-refractivity contribution in [3.63, 3.8) is 0 Å². The lowest BCUT2D eigenvalue weighted by atomic mass is 10.1. The molecule has 26 heavy (non-hydrogen) atoms. The highest BCUT2D eigenvalue weighted by molar-refractivity contribution is 9.10. The topological polar surface area (TPSA) is 4.93 Å². The maximum atomic E-state index is 6.66. The van der Waals surface area contributed by atoms with Crippen LogP contribution in [0.2, 0.25) is 5.02 Å². The van der Waals surface area contributed by atoms with Gasteiger partial charge in [0.25, 0.3) is 0 Å². The van der Waals surface area contributed by atoms with Crippen molar-refractivity contribution in [1.29, 1.82) is 0 Å². The van der Waals surface area contributed by atoms with E-state index in [0.29, 0.717) is 0 Å². The van der Waals surface area contributed by atoms with Crippen molar-refractivity contribution in [2.75, 3.05) is 0 Å². The van der Waals surface area contributed by atoms with Gasteiger partial charge in [-0.3, -0.25) is 0 Å². The maximum absolute atomic E-state index is 6.66. The van der Waals surface area contributed by atoms with Gasteiger partial charge in [-0.1, -0.05) is 73.8 Å². The normalized spacial score (nSPS) is 11.7. The van der Waals surface area contributed by atoms with E-state index < -0.39 is 0 Å². The van der Waals surface area contributed by atoms with Crippen molar-refractivity contribution in [3.05, 3.63) is 86.8 Å². The van der Waals surface area contributed by atoms with Gasteiger partial charge in [-0.25, -0.2) is 0 Å². The summed E-state index contributed by atoms with van der Waals surface area (Å²) in [7, 11) is 0. The minimum absolute atomic E-state index is 0.744. The molecule has 0 spiro atoms. The van der Waals surface area contributed by atoms with E-state index in [2.05, 4.69) is 103 Å². The summed E-state index contributed by atoms with van der Waals surface area (Å²) in [4.78, 5) is 0. The van der Waals surface area contributed by atoms with E-state index >= 15 is 0 Å². The molecule has 1 aromatic heterocycles. The molecular formula is C22H12Br2ClN. The zero-order valence-electron chi connectivity index (χ0n) is 13.5. The van der Waals surface area contributed by atoms with Crippen molar-refractivity contribution in [1.82, 2.24) is 4.57 Å². The molecular weight excluding hydrogens is 474 g/mol. The number of halogens is 3. The Balaban J connectivity index is 2.01. The quantitative estimate of drug-likeness (QED) is 0.226. The first-order chi connectivity index (χ1) is 12.6. The molecule has 0 aliphatic heterocycles. The highest BCUT2D eigenvalue weighted by Gasteiger charge is 2.15. The van der Waals surface area contributed by atoms with Crippen LogP contribution >= 0.6 is 43.5 Å². The molecule has 0 unspecified atom stereocenters. The fraction of sp³-hybridized carbons (Fsp3) is 0. The molecule has 0 atom stereocenters. The predicted octanol–water partition coefficient (Wildman–Crippen LogP) is 8.12. The van der Waals surface area contributed by atoms with Gasteiger partial charge in [0.05, 0.1) is 21.7 Å². The van der Waals surface area contributed by atoms with Gasteiger partial charge in [-0.05, 0) is 47.9 Å². The van der Waals surface area contributed by atoms with Gasteiger partial charge in [0.1, 0.15) is 0 Å². The van der Waals surface area contributed by atoms with Crippen LogP contribution in [-0.2, 0) is 0 Å². The van der Waals surface area contributed by atoms with Crippen LogP contribution in [0.1, 0.15) is 0 Å². The zero-order valence-corrected chi connectivity index (χ0v) is 17.4. The molecule has 1 nitrogen and oxygen atoms in total. The molecule has 1 heterocycles. The Morgan fingerprint density at radius 2 is 1.50 bits per heavy atom. The second-order valence-electron chi connectivity index (χ2n) is 6.28. The van der Waals surface area contributed by atoms with Crippen LogP contribution in [0.3, 0.4) is 0 Å². The van der Waals surface area contributed by atoms with Gasteiger partial charge in [0.2, 0.25) is 0 Å².